The first kappa shape index (κ1) is 28.6. The quantitative estimate of drug-likeness (QED) is 0.270. The number of aliphatic hydroxyl groups excluding tert-OH is 2. The van der Waals surface area contributed by atoms with Crippen molar-refractivity contribution in [3.8, 4) is 5.75 Å². The van der Waals surface area contributed by atoms with Crippen LogP contribution in [0.1, 0.15) is 28.8 Å². The van der Waals surface area contributed by atoms with E-state index in [1.54, 1.807) is 20.2 Å². The molecule has 0 saturated heterocycles. The molecule has 41 heavy (non-hydrogen) atoms. The van der Waals surface area contributed by atoms with E-state index in [9.17, 15) is 34.8 Å². The van der Waals surface area contributed by atoms with Crippen molar-refractivity contribution in [3.63, 3.8) is 0 Å². The number of primary amides is 1. The van der Waals surface area contributed by atoms with Gasteiger partial charge in [-0.3, -0.25) is 19.3 Å². The number of fused-ring (bicyclic) bond motifs is 3. The lowest BCUT2D eigenvalue weighted by Gasteiger charge is -2.50. The van der Waals surface area contributed by atoms with E-state index in [1.165, 1.54) is 16.2 Å². The molecule has 0 radical (unpaired) electrons. The summed E-state index contributed by atoms with van der Waals surface area (Å²) in [5.74, 6) is -6.72. The number of rotatable bonds is 6. The van der Waals surface area contributed by atoms with Gasteiger partial charge < -0.3 is 36.4 Å². The number of carbonyl (C=O) groups is 3. The minimum Gasteiger partial charge on any atom is -0.508 e. The fourth-order valence-electron chi connectivity index (χ4n) is 6.49. The Kier molecular flexibility index (Phi) is 6.87. The second-order valence-corrected chi connectivity index (χ2v) is 12.1. The summed E-state index contributed by atoms with van der Waals surface area (Å²) in [6, 6.07) is 0.679. The third-order valence-corrected chi connectivity index (χ3v) is 9.22. The molecule has 3 aliphatic rings. The molecule has 218 valence electrons. The van der Waals surface area contributed by atoms with Crippen LogP contribution >= 0.6 is 11.3 Å². The Bertz CT molecular complexity index is 1560. The van der Waals surface area contributed by atoms with E-state index in [0.29, 0.717) is 21.9 Å². The SMILES string of the molecule is Cc1csc(NCc2cc(N(C)C)c3c(c2O)C(O)=C2C(=O)[C@]4(O)C(O)=C(C(N)=O)C(=O)C(N(C)C)[C@@H]4C[C@@H]2C3)n1. The average molecular weight is 584 g/mol. The summed E-state index contributed by atoms with van der Waals surface area (Å²) in [5.41, 5.74) is 4.36. The predicted octanol–water partition coefficient (Wildman–Crippen LogP) is 1.41. The number of aliphatic hydroxyl groups is 3. The molecule has 1 unspecified atom stereocenters. The molecule has 1 aromatic heterocycles. The molecular formula is C28H33N5O7S. The number of hydrogen-bond donors (Lipinski definition) is 6. The Balaban J connectivity index is 1.67. The number of ketones is 2. The number of nitrogens with two attached hydrogens (primary N) is 1. The summed E-state index contributed by atoms with van der Waals surface area (Å²) in [4.78, 5) is 47.2. The minimum absolute atomic E-state index is 0.0338. The first-order valence-corrected chi connectivity index (χ1v) is 13.9. The first-order valence-electron chi connectivity index (χ1n) is 13.1. The van der Waals surface area contributed by atoms with E-state index in [-0.39, 0.29) is 36.3 Å². The second-order valence-electron chi connectivity index (χ2n) is 11.3. The number of Topliss-reactive ketones (excluding diaryl/α,β-unsaturated/α-hetero) is 2. The number of benzene rings is 1. The zero-order chi connectivity index (χ0) is 30.1. The zero-order valence-corrected chi connectivity index (χ0v) is 24.2. The van der Waals surface area contributed by atoms with Crippen LogP contribution in [0.15, 0.2) is 28.4 Å². The highest BCUT2D eigenvalue weighted by Gasteiger charge is 2.64. The summed E-state index contributed by atoms with van der Waals surface area (Å²) >= 11 is 1.41. The lowest BCUT2D eigenvalue weighted by Crippen LogP contribution is -2.65. The van der Waals surface area contributed by atoms with Gasteiger partial charge in [-0.15, -0.1) is 11.3 Å². The van der Waals surface area contributed by atoms with Crippen molar-refractivity contribution in [1.82, 2.24) is 9.88 Å². The molecule has 7 N–H and O–H groups in total. The van der Waals surface area contributed by atoms with E-state index >= 15 is 0 Å². The highest BCUT2D eigenvalue weighted by atomic mass is 32.1. The maximum atomic E-state index is 14.1. The van der Waals surface area contributed by atoms with Crippen LogP contribution in [0.4, 0.5) is 10.8 Å². The van der Waals surface area contributed by atoms with E-state index in [1.807, 2.05) is 31.3 Å². The van der Waals surface area contributed by atoms with Gasteiger partial charge in [0.15, 0.2) is 16.5 Å². The van der Waals surface area contributed by atoms with Crippen molar-refractivity contribution < 1.29 is 34.8 Å². The molecule has 1 heterocycles. The Morgan fingerprint density at radius 1 is 1.22 bits per heavy atom. The van der Waals surface area contributed by atoms with Gasteiger partial charge in [-0.1, -0.05) is 0 Å². The van der Waals surface area contributed by atoms with Crippen LogP contribution in [0.5, 0.6) is 5.75 Å². The van der Waals surface area contributed by atoms with Crippen LogP contribution in [0, 0.1) is 18.8 Å². The molecule has 2 aromatic rings. The van der Waals surface area contributed by atoms with Crippen LogP contribution in [0.2, 0.25) is 0 Å². The molecule has 1 amide bonds. The van der Waals surface area contributed by atoms with Crippen LogP contribution in [-0.2, 0) is 27.3 Å². The van der Waals surface area contributed by atoms with Crippen molar-refractivity contribution in [2.24, 2.45) is 17.6 Å². The van der Waals surface area contributed by atoms with Gasteiger partial charge in [-0.05, 0) is 51.4 Å². The monoisotopic (exact) mass is 583 g/mol. The number of phenols is 1. The zero-order valence-electron chi connectivity index (χ0n) is 23.3. The van der Waals surface area contributed by atoms with Crippen molar-refractivity contribution in [2.45, 2.75) is 38.0 Å². The topological polar surface area (TPSA) is 190 Å². The number of likely N-dealkylation sites (N-methyl/N-ethyl adjacent to an activating group) is 1. The molecule has 13 heteroatoms. The van der Waals surface area contributed by atoms with Crippen molar-refractivity contribution >= 4 is 45.4 Å². The van der Waals surface area contributed by atoms with Gasteiger partial charge in [0.2, 0.25) is 5.78 Å². The number of aromatic nitrogens is 1. The maximum absolute atomic E-state index is 14.1. The molecule has 1 aromatic carbocycles. The second kappa shape index (κ2) is 9.86. The molecule has 4 atom stereocenters. The first-order chi connectivity index (χ1) is 19.2. The molecule has 12 nitrogen and oxygen atoms in total. The average Bonchev–Trinajstić information content (AvgIpc) is 3.30. The van der Waals surface area contributed by atoms with Gasteiger partial charge in [0, 0.05) is 48.8 Å². The van der Waals surface area contributed by atoms with Crippen LogP contribution in [0.3, 0.4) is 0 Å². The highest BCUT2D eigenvalue weighted by molar-refractivity contribution is 7.13. The molecule has 3 aliphatic carbocycles. The number of amides is 1. The third kappa shape index (κ3) is 4.18. The standard InChI is InChI=1S/C28H33N5O7S/c1-11-10-41-27(31-11)30-9-13-8-16(32(2)3)14-6-12-7-15-20(33(4)5)23(36)19(26(29)39)25(38)28(15,40)24(37)17(12)22(35)18(14)21(13)34/h8,10,12,15,20,34-35,38,40H,6-7,9H2,1-5H3,(H2,29,39)(H,30,31)/t12-,15-,20?,28-/m0/s1. The number of hydrogen-bond acceptors (Lipinski definition) is 12. The van der Waals surface area contributed by atoms with Crippen LogP contribution < -0.4 is 16.0 Å². The molecule has 0 bridgehead atoms. The summed E-state index contributed by atoms with van der Waals surface area (Å²) < 4.78 is 0. The van der Waals surface area contributed by atoms with Crippen LogP contribution in [0.25, 0.3) is 5.76 Å². The minimum atomic E-state index is -2.67. The fourth-order valence-corrected chi connectivity index (χ4v) is 7.17. The van der Waals surface area contributed by atoms with Gasteiger partial charge in [0.25, 0.3) is 5.91 Å². The number of aryl methyl sites for hydroxylation is 1. The van der Waals surface area contributed by atoms with Crippen molar-refractivity contribution in [2.75, 3.05) is 38.4 Å². The molecule has 1 saturated carbocycles. The third-order valence-electron chi connectivity index (χ3n) is 8.31. The number of nitrogens with zero attached hydrogens (tertiary/aromatic N) is 3. The van der Waals surface area contributed by atoms with Crippen molar-refractivity contribution in [3.05, 3.63) is 50.7 Å². The molecule has 0 spiro atoms. The normalized spacial score (nSPS) is 25.7. The van der Waals surface area contributed by atoms with E-state index in [4.69, 9.17) is 5.73 Å². The predicted molar refractivity (Wildman–Crippen MR) is 153 cm³/mol. The van der Waals surface area contributed by atoms with Gasteiger partial charge >= 0.3 is 0 Å². The summed E-state index contributed by atoms with van der Waals surface area (Å²) in [5, 5.41) is 51.5. The van der Waals surface area contributed by atoms with Gasteiger partial charge in [0.05, 0.1) is 17.3 Å². The summed E-state index contributed by atoms with van der Waals surface area (Å²) in [7, 11) is 6.78. The number of carbonyl (C=O) groups excluding carboxylic acids is 3. The van der Waals surface area contributed by atoms with Gasteiger partial charge in [-0.2, -0.15) is 0 Å². The van der Waals surface area contributed by atoms with Crippen LogP contribution in [-0.4, -0.2) is 87.6 Å². The molecule has 1 fully saturated rings. The Labute approximate surface area is 240 Å². The number of nitrogens with one attached hydrogen (secondary N) is 1. The van der Waals surface area contributed by atoms with Gasteiger partial charge in [0.1, 0.15) is 22.8 Å². The smallest absolute Gasteiger partial charge is 0.255 e. The number of thiazole rings is 1. The Morgan fingerprint density at radius 3 is 2.46 bits per heavy atom. The van der Waals surface area contributed by atoms with Crippen molar-refractivity contribution in [1.29, 1.82) is 0 Å². The van der Waals surface area contributed by atoms with E-state index in [0.717, 1.165) is 5.69 Å². The van der Waals surface area contributed by atoms with E-state index < -0.39 is 58.0 Å². The number of phenolic OH excluding ortho intramolecular Hbond substituents is 1. The summed E-state index contributed by atoms with van der Waals surface area (Å²) in [6.45, 7) is 2.04. The lowest BCUT2D eigenvalue weighted by molar-refractivity contribution is -0.153. The highest BCUT2D eigenvalue weighted by Crippen LogP contribution is 2.54. The maximum Gasteiger partial charge on any atom is 0.255 e. The molecule has 0 aliphatic heterocycles. The van der Waals surface area contributed by atoms with Gasteiger partial charge in [-0.25, -0.2) is 4.98 Å². The van der Waals surface area contributed by atoms with E-state index in [2.05, 4.69) is 10.3 Å². The Hall–Kier alpha value is -3.94. The molecule has 5 rings (SSSR count). The lowest BCUT2D eigenvalue weighted by atomic mass is 9.57. The number of aromatic hydroxyl groups is 1. The Morgan fingerprint density at radius 2 is 1.90 bits per heavy atom. The fraction of sp³-hybridized carbons (Fsp3) is 0.429. The largest absolute Gasteiger partial charge is 0.508 e. The molecular weight excluding hydrogens is 550 g/mol. The number of anilines is 2. The summed E-state index contributed by atoms with van der Waals surface area (Å²) in [6.07, 6.45) is 0.251.